The number of aromatic nitrogens is 2. The Bertz CT molecular complexity index is 1040. The van der Waals surface area contributed by atoms with Gasteiger partial charge in [-0.2, -0.15) is 0 Å². The van der Waals surface area contributed by atoms with Gasteiger partial charge in [0.05, 0.1) is 12.5 Å². The number of hydrogen-bond donors (Lipinski definition) is 1. The zero-order valence-electron chi connectivity index (χ0n) is 27.6. The van der Waals surface area contributed by atoms with Crippen molar-refractivity contribution in [2.75, 3.05) is 0 Å². The fourth-order valence-corrected chi connectivity index (χ4v) is 6.97. The van der Waals surface area contributed by atoms with E-state index in [9.17, 15) is 0 Å². The van der Waals surface area contributed by atoms with Crippen molar-refractivity contribution in [3.05, 3.63) is 90.0 Å². The molecule has 0 radical (unpaired) electrons. The lowest BCUT2D eigenvalue weighted by molar-refractivity contribution is -0.705. The second-order valence-corrected chi connectivity index (χ2v) is 13.1. The van der Waals surface area contributed by atoms with Crippen molar-refractivity contribution in [1.29, 1.82) is 0 Å². The van der Waals surface area contributed by atoms with Crippen molar-refractivity contribution in [3.63, 3.8) is 0 Å². The molecule has 0 amide bonds. The summed E-state index contributed by atoms with van der Waals surface area (Å²) < 4.78 is 2.54. The van der Waals surface area contributed by atoms with E-state index < -0.39 is 0 Å². The summed E-state index contributed by atoms with van der Waals surface area (Å²) in [6.07, 6.45) is 30.3. The van der Waals surface area contributed by atoms with Crippen LogP contribution < -0.4 is 4.57 Å². The number of rotatable bonds is 24. The molecule has 42 heavy (non-hydrogen) atoms. The number of aromatic amines is 1. The van der Waals surface area contributed by atoms with Gasteiger partial charge in [-0.3, -0.25) is 0 Å². The lowest BCUT2D eigenvalue weighted by Gasteiger charge is -2.37. The van der Waals surface area contributed by atoms with Gasteiger partial charge in [-0.05, 0) is 36.8 Å². The highest BCUT2D eigenvalue weighted by Crippen LogP contribution is 2.43. The maximum absolute atomic E-state index is 3.76. The van der Waals surface area contributed by atoms with E-state index in [1.807, 2.05) is 0 Å². The summed E-state index contributed by atoms with van der Waals surface area (Å²) in [5, 5.41) is 0. The van der Waals surface area contributed by atoms with Crippen LogP contribution in [0.25, 0.3) is 0 Å². The largest absolute Gasteiger partial charge is 0.258 e. The molecule has 2 nitrogen and oxygen atoms in total. The number of nitrogens with zero attached hydrogens (tertiary/aromatic N) is 1. The quantitative estimate of drug-likeness (QED) is 0.0815. The number of nitrogens with one attached hydrogen (secondary N) is 1. The van der Waals surface area contributed by atoms with Gasteiger partial charge in [0.2, 0.25) is 0 Å². The van der Waals surface area contributed by atoms with Crippen molar-refractivity contribution < 1.29 is 4.57 Å². The molecule has 2 atom stereocenters. The predicted molar refractivity (Wildman–Crippen MR) is 182 cm³/mol. The Morgan fingerprint density at radius 3 is 1.69 bits per heavy atom. The molecule has 1 heterocycles. The summed E-state index contributed by atoms with van der Waals surface area (Å²) >= 11 is 0. The molecule has 2 aromatic carbocycles. The monoisotopic (exact) mass is 571 g/mol. The average Bonchev–Trinajstić information content (AvgIpc) is 3.48. The van der Waals surface area contributed by atoms with Crippen molar-refractivity contribution in [3.8, 4) is 0 Å². The van der Waals surface area contributed by atoms with Crippen LogP contribution >= 0.6 is 0 Å². The second-order valence-electron chi connectivity index (χ2n) is 13.1. The molecule has 3 rings (SSSR count). The van der Waals surface area contributed by atoms with Crippen molar-refractivity contribution in [1.82, 2.24) is 4.98 Å². The molecule has 1 N–H and O–H groups in total. The van der Waals surface area contributed by atoms with Gasteiger partial charge in [0.1, 0.15) is 12.4 Å². The summed E-state index contributed by atoms with van der Waals surface area (Å²) in [5.41, 5.74) is 2.90. The average molecular weight is 572 g/mol. The third-order valence-corrected chi connectivity index (χ3v) is 9.59. The summed E-state index contributed by atoms with van der Waals surface area (Å²) in [6.45, 7) is 8.24. The van der Waals surface area contributed by atoms with Gasteiger partial charge in [-0.1, -0.05) is 178 Å². The van der Waals surface area contributed by atoms with Crippen LogP contribution in [0.1, 0.15) is 159 Å². The van der Waals surface area contributed by atoms with E-state index in [-0.39, 0.29) is 5.41 Å². The lowest BCUT2D eigenvalue weighted by Crippen LogP contribution is -2.43. The zero-order chi connectivity index (χ0) is 29.7. The molecule has 0 bridgehead atoms. The van der Waals surface area contributed by atoms with Crippen LogP contribution in [-0.4, -0.2) is 4.98 Å². The van der Waals surface area contributed by atoms with Crippen molar-refractivity contribution >= 4 is 0 Å². The maximum Gasteiger partial charge on any atom is 0.258 e. The van der Waals surface area contributed by atoms with E-state index in [1.165, 1.54) is 133 Å². The first-order valence-electron chi connectivity index (χ1n) is 17.8. The summed E-state index contributed by atoms with van der Waals surface area (Å²) in [4.78, 5) is 3.76. The highest BCUT2D eigenvalue weighted by molar-refractivity contribution is 5.32. The first kappa shape index (κ1) is 34.1. The zero-order valence-corrected chi connectivity index (χ0v) is 27.6. The van der Waals surface area contributed by atoms with Crippen LogP contribution in [0.4, 0.5) is 0 Å². The molecule has 3 aromatic rings. The highest BCUT2D eigenvalue weighted by Gasteiger charge is 2.41. The Morgan fingerprint density at radius 1 is 0.619 bits per heavy atom. The molecular weight excluding hydrogens is 508 g/mol. The van der Waals surface area contributed by atoms with Crippen LogP contribution in [-0.2, 0) is 18.4 Å². The fourth-order valence-electron chi connectivity index (χ4n) is 6.97. The van der Waals surface area contributed by atoms with Crippen LogP contribution in [0.3, 0.4) is 0 Å². The number of aryl methyl sites for hydroxylation is 1. The third kappa shape index (κ3) is 11.7. The summed E-state index contributed by atoms with van der Waals surface area (Å²) in [5.74, 6) is 1.86. The van der Waals surface area contributed by atoms with Gasteiger partial charge in [-0.15, -0.1) is 0 Å². The minimum Gasteiger partial charge on any atom is -0.247 e. The molecule has 0 saturated heterocycles. The minimum atomic E-state index is 0.0104. The number of hydrogen-bond acceptors (Lipinski definition) is 0. The molecule has 1 aromatic heterocycles. The Balaban J connectivity index is 1.60. The fraction of sp³-hybridized carbons (Fsp3) is 0.625. The first-order valence-corrected chi connectivity index (χ1v) is 17.8. The molecule has 0 spiro atoms. The number of benzene rings is 2. The van der Waals surface area contributed by atoms with E-state index in [0.29, 0.717) is 5.92 Å². The van der Waals surface area contributed by atoms with Gasteiger partial charge in [0.15, 0.2) is 0 Å². The Labute approximate surface area is 259 Å². The minimum absolute atomic E-state index is 0.0104. The van der Waals surface area contributed by atoms with E-state index in [1.54, 1.807) is 0 Å². The Morgan fingerprint density at radius 2 is 1.12 bits per heavy atom. The predicted octanol–water partition coefficient (Wildman–Crippen LogP) is 11.6. The standard InChI is InChI=1S/C40H62N2/c1-4-6-8-9-10-11-12-13-14-15-16-17-18-25-31-38(39-41-32-34-42(39)33-26-7-5-2)40(3,37-29-23-20-24-30-37)35-36-27-21-19-22-28-36/h19-24,27-30,32,34,38H,4-18,25-26,31,33,35H2,1-3H3/p+1. The topological polar surface area (TPSA) is 19.7 Å². The first-order chi connectivity index (χ1) is 20.7. The van der Waals surface area contributed by atoms with Gasteiger partial charge < -0.3 is 0 Å². The molecule has 0 aliphatic carbocycles. The summed E-state index contributed by atoms with van der Waals surface area (Å²) in [7, 11) is 0. The van der Waals surface area contributed by atoms with Gasteiger partial charge in [-0.25, -0.2) is 9.55 Å². The van der Waals surface area contributed by atoms with Crippen LogP contribution in [0.2, 0.25) is 0 Å². The van der Waals surface area contributed by atoms with Gasteiger partial charge in [0.25, 0.3) is 5.82 Å². The maximum atomic E-state index is 3.76. The van der Waals surface area contributed by atoms with E-state index >= 15 is 0 Å². The molecule has 232 valence electrons. The van der Waals surface area contributed by atoms with Gasteiger partial charge in [0, 0.05) is 5.41 Å². The molecule has 0 aliphatic rings. The Hall–Kier alpha value is -2.35. The van der Waals surface area contributed by atoms with Crippen LogP contribution in [0.15, 0.2) is 73.1 Å². The summed E-state index contributed by atoms with van der Waals surface area (Å²) in [6, 6.07) is 22.5. The number of imidazole rings is 1. The van der Waals surface area contributed by atoms with Crippen molar-refractivity contribution in [2.24, 2.45) is 0 Å². The van der Waals surface area contributed by atoms with Crippen LogP contribution in [0.5, 0.6) is 0 Å². The SMILES string of the molecule is CCCCCCCCCCCCCCCCC(c1[nH]cc[n+]1CCCCC)C(C)(Cc1ccccc1)c1ccccc1. The normalized spacial score (nSPS) is 13.7. The van der Waals surface area contributed by atoms with E-state index in [4.69, 9.17) is 0 Å². The highest BCUT2D eigenvalue weighted by atomic mass is 15.1. The molecule has 0 saturated carbocycles. The molecule has 2 unspecified atom stereocenters. The van der Waals surface area contributed by atoms with Crippen molar-refractivity contribution in [2.45, 2.75) is 161 Å². The van der Waals surface area contributed by atoms with Crippen LogP contribution in [0, 0.1) is 0 Å². The van der Waals surface area contributed by atoms with E-state index in [0.717, 1.165) is 13.0 Å². The second kappa shape index (κ2) is 20.5. The molecular formula is C40H63N2+. The molecule has 2 heteroatoms. The number of H-pyrrole nitrogens is 1. The number of unbranched alkanes of at least 4 members (excludes halogenated alkanes) is 15. The lowest BCUT2D eigenvalue weighted by atomic mass is 9.66. The molecule has 0 fully saturated rings. The Kier molecular flexibility index (Phi) is 16.7. The van der Waals surface area contributed by atoms with E-state index in [2.05, 4.69) is 103 Å². The third-order valence-electron chi connectivity index (χ3n) is 9.59. The smallest absolute Gasteiger partial charge is 0.247 e. The van der Waals surface area contributed by atoms with Gasteiger partial charge >= 0.3 is 0 Å². The molecule has 0 aliphatic heterocycles.